The zero-order chi connectivity index (χ0) is 30.2. The van der Waals surface area contributed by atoms with E-state index < -0.39 is 0 Å². The van der Waals surface area contributed by atoms with Gasteiger partial charge in [0, 0.05) is 49.2 Å². The van der Waals surface area contributed by atoms with Crippen molar-refractivity contribution in [2.24, 2.45) is 0 Å². The standard InChI is InChI=1S/C18H14N3O.C17H13N4O.Ir/c1-12-4-3-5-13(2)17(12)21-9-8-19-18(21)14-6-7-16-15(10-14)20-11-22-16;1-11-4-3-5-12(2)16(11)21-17(18-9-20-21)13-6-7-15-14(8-13)19-10-22-15;/h3-5,7-11H,1-2H3;3-5,7-10H,1-2H3;/q2*-1;. The van der Waals surface area contributed by atoms with Crippen LogP contribution in [0.1, 0.15) is 22.3 Å². The summed E-state index contributed by atoms with van der Waals surface area (Å²) < 4.78 is 14.5. The van der Waals surface area contributed by atoms with E-state index in [1.54, 1.807) is 18.5 Å². The predicted molar refractivity (Wildman–Crippen MR) is 168 cm³/mol. The molecule has 8 rings (SSSR count). The van der Waals surface area contributed by atoms with Crippen LogP contribution in [0, 0.1) is 39.8 Å². The van der Waals surface area contributed by atoms with Gasteiger partial charge in [-0.3, -0.25) is 14.6 Å². The summed E-state index contributed by atoms with van der Waals surface area (Å²) in [5, 5.41) is 4.39. The molecule has 4 aromatic heterocycles. The number of hydrogen-bond donors (Lipinski definition) is 0. The molecule has 225 valence electrons. The van der Waals surface area contributed by atoms with Crippen molar-refractivity contribution in [2.75, 3.05) is 0 Å². The number of hydrogen-bond acceptors (Lipinski definition) is 7. The van der Waals surface area contributed by atoms with Gasteiger partial charge in [-0.25, -0.2) is 9.97 Å². The quantitative estimate of drug-likeness (QED) is 0.170. The Kier molecular flexibility index (Phi) is 8.26. The molecule has 10 heteroatoms. The van der Waals surface area contributed by atoms with Crippen molar-refractivity contribution in [2.45, 2.75) is 27.7 Å². The molecule has 0 N–H and O–H groups in total. The molecule has 4 heterocycles. The molecule has 0 aliphatic heterocycles. The van der Waals surface area contributed by atoms with Crippen LogP contribution in [0.25, 0.3) is 56.3 Å². The van der Waals surface area contributed by atoms with Crippen LogP contribution < -0.4 is 0 Å². The molecule has 0 amide bonds. The van der Waals surface area contributed by atoms with Gasteiger partial charge in [-0.1, -0.05) is 36.4 Å². The molecule has 0 bridgehead atoms. The van der Waals surface area contributed by atoms with Crippen LogP contribution in [0.2, 0.25) is 0 Å². The molecule has 0 spiro atoms. The number of oxazole rings is 2. The molecule has 0 aliphatic carbocycles. The van der Waals surface area contributed by atoms with E-state index in [0.29, 0.717) is 5.58 Å². The van der Waals surface area contributed by atoms with Crippen LogP contribution in [0.15, 0.2) is 101 Å². The van der Waals surface area contributed by atoms with Crippen LogP contribution in [-0.4, -0.2) is 34.3 Å². The molecule has 9 nitrogen and oxygen atoms in total. The van der Waals surface area contributed by atoms with Gasteiger partial charge >= 0.3 is 0 Å². The Morgan fingerprint density at radius 2 is 1.18 bits per heavy atom. The number of aromatic nitrogens is 7. The third kappa shape index (κ3) is 5.61. The van der Waals surface area contributed by atoms with E-state index in [-0.39, 0.29) is 20.1 Å². The number of benzene rings is 4. The molecule has 45 heavy (non-hydrogen) atoms. The van der Waals surface area contributed by atoms with E-state index in [1.807, 2.05) is 35.3 Å². The van der Waals surface area contributed by atoms with Gasteiger partial charge in [0.1, 0.15) is 6.33 Å². The Morgan fingerprint density at radius 3 is 1.76 bits per heavy atom. The van der Waals surface area contributed by atoms with Crippen molar-refractivity contribution in [1.29, 1.82) is 0 Å². The van der Waals surface area contributed by atoms with Crippen molar-refractivity contribution in [1.82, 2.24) is 34.3 Å². The minimum absolute atomic E-state index is 0. The molecule has 0 saturated carbocycles. The van der Waals surface area contributed by atoms with Crippen molar-refractivity contribution in [3.8, 4) is 34.2 Å². The molecule has 8 aromatic rings. The Hall–Kier alpha value is -5.18. The van der Waals surface area contributed by atoms with E-state index in [2.05, 4.69) is 99.8 Å². The Balaban J connectivity index is 0.000000155. The van der Waals surface area contributed by atoms with Gasteiger partial charge in [0.05, 0.1) is 28.5 Å². The Morgan fingerprint density at radius 1 is 0.644 bits per heavy atom. The number of aryl methyl sites for hydroxylation is 4. The summed E-state index contributed by atoms with van der Waals surface area (Å²) in [5.74, 6) is 1.59. The molecule has 0 aliphatic rings. The molecular weight excluding hydrogens is 743 g/mol. The fraction of sp³-hybridized carbons (Fsp3) is 0.114. The van der Waals surface area contributed by atoms with E-state index in [9.17, 15) is 0 Å². The van der Waals surface area contributed by atoms with Gasteiger partial charge < -0.3 is 13.4 Å². The van der Waals surface area contributed by atoms with Crippen molar-refractivity contribution in [3.05, 3.63) is 127 Å². The second-order valence-electron chi connectivity index (χ2n) is 10.5. The summed E-state index contributed by atoms with van der Waals surface area (Å²) in [6.07, 6.45) is 8.22. The molecule has 0 saturated heterocycles. The smallest absolute Gasteiger partial charge is 0.169 e. The monoisotopic (exact) mass is 770 g/mol. The minimum atomic E-state index is 0. The summed E-state index contributed by atoms with van der Waals surface area (Å²) in [4.78, 5) is 17.3. The van der Waals surface area contributed by atoms with Crippen LogP contribution in [-0.2, 0) is 20.1 Å². The molecule has 0 fully saturated rings. The zero-order valence-corrected chi connectivity index (χ0v) is 27.3. The normalized spacial score (nSPS) is 10.9. The van der Waals surface area contributed by atoms with Crippen LogP contribution in [0.5, 0.6) is 0 Å². The number of para-hydroxylation sites is 2. The number of nitrogens with zero attached hydrogens (tertiary/aromatic N) is 7. The first-order valence-corrected chi connectivity index (χ1v) is 14.0. The number of fused-ring (bicyclic) bond motifs is 2. The third-order valence-corrected chi connectivity index (χ3v) is 7.53. The van der Waals surface area contributed by atoms with Gasteiger partial charge in [-0.15, -0.1) is 47.5 Å². The van der Waals surface area contributed by atoms with Crippen molar-refractivity contribution >= 4 is 22.2 Å². The summed E-state index contributed by atoms with van der Waals surface area (Å²) >= 11 is 0. The molecule has 0 atom stereocenters. The summed E-state index contributed by atoms with van der Waals surface area (Å²) in [6.45, 7) is 8.35. The average molecular weight is 770 g/mol. The van der Waals surface area contributed by atoms with Gasteiger partial charge in [0.15, 0.2) is 12.8 Å². The van der Waals surface area contributed by atoms with E-state index in [4.69, 9.17) is 8.83 Å². The maximum atomic E-state index is 5.27. The fourth-order valence-electron chi connectivity index (χ4n) is 5.46. The molecule has 1 radical (unpaired) electrons. The molecular formula is C35H27IrN7O2-2. The van der Waals surface area contributed by atoms with E-state index >= 15 is 0 Å². The second kappa shape index (κ2) is 12.4. The van der Waals surface area contributed by atoms with Crippen LogP contribution >= 0.6 is 0 Å². The fourth-order valence-corrected chi connectivity index (χ4v) is 5.46. The summed E-state index contributed by atoms with van der Waals surface area (Å²) in [5.41, 5.74) is 11.7. The van der Waals surface area contributed by atoms with Crippen molar-refractivity contribution in [3.63, 3.8) is 0 Å². The predicted octanol–water partition coefficient (Wildman–Crippen LogP) is 7.59. The first-order valence-electron chi connectivity index (χ1n) is 14.0. The Labute approximate surface area is 273 Å². The molecule has 0 unspecified atom stereocenters. The number of rotatable bonds is 4. The number of imidazole rings is 1. The van der Waals surface area contributed by atoms with Gasteiger partial charge in [0.25, 0.3) is 0 Å². The van der Waals surface area contributed by atoms with E-state index in [0.717, 1.165) is 61.9 Å². The second-order valence-corrected chi connectivity index (χ2v) is 10.5. The van der Waals surface area contributed by atoms with E-state index in [1.165, 1.54) is 23.9 Å². The Bertz CT molecular complexity index is 2060. The van der Waals surface area contributed by atoms with Crippen LogP contribution in [0.4, 0.5) is 0 Å². The molecule has 4 aromatic carbocycles. The van der Waals surface area contributed by atoms with Crippen molar-refractivity contribution < 1.29 is 28.9 Å². The average Bonchev–Trinajstić information content (AvgIpc) is 3.84. The maximum absolute atomic E-state index is 5.27. The van der Waals surface area contributed by atoms with Gasteiger partial charge in [-0.2, -0.15) is 5.10 Å². The summed E-state index contributed by atoms with van der Waals surface area (Å²) in [7, 11) is 0. The van der Waals surface area contributed by atoms with Gasteiger partial charge in [-0.05, 0) is 49.9 Å². The minimum Gasteiger partial charge on any atom is -0.490 e. The maximum Gasteiger partial charge on any atom is 0.169 e. The third-order valence-electron chi connectivity index (χ3n) is 7.53. The zero-order valence-electron chi connectivity index (χ0n) is 24.9. The topological polar surface area (TPSA) is 101 Å². The first-order chi connectivity index (χ1) is 21.5. The summed E-state index contributed by atoms with van der Waals surface area (Å²) in [6, 6.07) is 26.3. The largest absolute Gasteiger partial charge is 0.490 e. The SMILES string of the molecule is Cc1cccc(C)c1-n1ccnc1-c1[c-]cc2ocnc2c1.Cc1cccc(C)c1-n1ncnc1-c1[c-]cc2ocnc2c1.[Ir]. The first kappa shape index (κ1) is 29.9. The van der Waals surface area contributed by atoms with Gasteiger partial charge in [0.2, 0.25) is 0 Å². The van der Waals surface area contributed by atoms with Crippen LogP contribution in [0.3, 0.4) is 0 Å².